The molecule has 0 aliphatic heterocycles. The molecule has 3 N–H and O–H groups in total. The van der Waals surface area contributed by atoms with Crippen molar-refractivity contribution in [2.75, 3.05) is 20.2 Å². The minimum atomic E-state index is -0.583. The van der Waals surface area contributed by atoms with Gasteiger partial charge in [-0.1, -0.05) is 42.5 Å². The average Bonchev–Trinajstić information content (AvgIpc) is 2.61. The Kier molecular flexibility index (Phi) is 6.78. The summed E-state index contributed by atoms with van der Waals surface area (Å²) in [4.78, 5) is 11.5. The van der Waals surface area contributed by atoms with Crippen LogP contribution in [0.4, 0.5) is 0 Å². The lowest BCUT2D eigenvalue weighted by Crippen LogP contribution is -2.35. The van der Waals surface area contributed by atoms with E-state index in [1.54, 1.807) is 7.11 Å². The lowest BCUT2D eigenvalue weighted by Gasteiger charge is -2.20. The fraction of sp³-hybridized carbons (Fsp3) is 0.316. The van der Waals surface area contributed by atoms with Crippen LogP contribution in [0.25, 0.3) is 0 Å². The van der Waals surface area contributed by atoms with Crippen molar-refractivity contribution in [1.82, 2.24) is 10.6 Å². The molecule has 2 aromatic rings. The Morgan fingerprint density at radius 3 is 2.29 bits per heavy atom. The number of hydrogen-bond acceptors (Lipinski definition) is 4. The topological polar surface area (TPSA) is 70.6 Å². The van der Waals surface area contributed by atoms with Gasteiger partial charge in [0.05, 0.1) is 19.3 Å². The van der Waals surface area contributed by atoms with Crippen LogP contribution < -0.4 is 15.4 Å². The van der Waals surface area contributed by atoms with Gasteiger partial charge in [0.25, 0.3) is 0 Å². The highest BCUT2D eigenvalue weighted by atomic mass is 16.5. The summed E-state index contributed by atoms with van der Waals surface area (Å²) in [5, 5.41) is 16.3. The highest BCUT2D eigenvalue weighted by Crippen LogP contribution is 2.18. The van der Waals surface area contributed by atoms with Gasteiger partial charge in [0.2, 0.25) is 5.91 Å². The van der Waals surface area contributed by atoms with Crippen LogP contribution >= 0.6 is 0 Å². The third-order valence-corrected chi connectivity index (χ3v) is 3.77. The first-order valence-corrected chi connectivity index (χ1v) is 7.95. The van der Waals surface area contributed by atoms with Crippen molar-refractivity contribution in [3.05, 3.63) is 65.7 Å². The van der Waals surface area contributed by atoms with Crippen molar-refractivity contribution in [3.63, 3.8) is 0 Å². The van der Waals surface area contributed by atoms with Gasteiger partial charge in [-0.3, -0.25) is 4.79 Å². The quantitative estimate of drug-likeness (QED) is 0.695. The molecule has 5 heteroatoms. The molecule has 1 amide bonds. The summed E-state index contributed by atoms with van der Waals surface area (Å²) in [5.74, 6) is 0.675. The lowest BCUT2D eigenvalue weighted by atomic mass is 10.1. The third-order valence-electron chi connectivity index (χ3n) is 3.77. The number of benzene rings is 2. The monoisotopic (exact) mass is 328 g/mol. The second-order valence-corrected chi connectivity index (χ2v) is 5.61. The number of nitrogens with one attached hydrogen (secondary N) is 2. The van der Waals surface area contributed by atoms with Crippen molar-refractivity contribution in [2.45, 2.75) is 19.1 Å². The fourth-order valence-corrected chi connectivity index (χ4v) is 2.49. The second kappa shape index (κ2) is 9.05. The van der Waals surface area contributed by atoms with Crippen LogP contribution in [0.15, 0.2) is 54.6 Å². The number of carbonyl (C=O) groups excluding carboxylic acids is 1. The molecule has 2 unspecified atom stereocenters. The van der Waals surface area contributed by atoms with Crippen LogP contribution in [0.3, 0.4) is 0 Å². The van der Waals surface area contributed by atoms with E-state index in [1.807, 2.05) is 54.6 Å². The van der Waals surface area contributed by atoms with Crippen molar-refractivity contribution in [1.29, 1.82) is 0 Å². The normalized spacial score (nSPS) is 13.1. The predicted molar refractivity (Wildman–Crippen MR) is 93.8 cm³/mol. The van der Waals surface area contributed by atoms with Crippen LogP contribution in [0, 0.1) is 0 Å². The molecule has 2 atom stereocenters. The molecule has 24 heavy (non-hydrogen) atoms. The Labute approximate surface area is 142 Å². The minimum Gasteiger partial charge on any atom is -0.497 e. The van der Waals surface area contributed by atoms with Crippen molar-refractivity contribution in [2.24, 2.45) is 0 Å². The van der Waals surface area contributed by atoms with Gasteiger partial charge in [-0.15, -0.1) is 0 Å². The maximum atomic E-state index is 11.5. The van der Waals surface area contributed by atoms with Gasteiger partial charge in [-0.2, -0.15) is 0 Å². The Morgan fingerprint density at radius 2 is 1.71 bits per heavy atom. The molecule has 2 rings (SSSR count). The molecule has 0 aliphatic rings. The molecule has 0 saturated heterocycles. The van der Waals surface area contributed by atoms with E-state index in [1.165, 1.54) is 6.92 Å². The molecular weight excluding hydrogens is 304 g/mol. The molecular formula is C19H24N2O3. The first-order valence-electron chi connectivity index (χ1n) is 7.95. The largest absolute Gasteiger partial charge is 0.497 e. The van der Waals surface area contributed by atoms with Gasteiger partial charge in [-0.05, 0) is 23.3 Å². The molecule has 0 saturated carbocycles. The standard InChI is InChI=1S/C19H24N2O3/c1-14(22)21-18(15-8-10-17(24-2)11-9-15)12-20-13-19(23)16-6-4-3-5-7-16/h3-11,18-20,23H,12-13H2,1-2H3,(H,21,22). The van der Waals surface area contributed by atoms with E-state index < -0.39 is 6.10 Å². The van der Waals surface area contributed by atoms with Crippen LogP contribution in [0.1, 0.15) is 30.2 Å². The molecule has 0 spiro atoms. The Bertz CT molecular complexity index is 629. The summed E-state index contributed by atoms with van der Waals surface area (Å²) < 4.78 is 5.16. The molecule has 0 radical (unpaired) electrons. The number of amides is 1. The molecule has 128 valence electrons. The van der Waals surface area contributed by atoms with E-state index in [2.05, 4.69) is 10.6 Å². The molecule has 2 aromatic carbocycles. The van der Waals surface area contributed by atoms with Gasteiger partial charge in [0, 0.05) is 20.0 Å². The summed E-state index contributed by atoms with van der Waals surface area (Å²) in [7, 11) is 1.62. The predicted octanol–water partition coefficient (Wildman–Crippen LogP) is 2.20. The van der Waals surface area contributed by atoms with Crippen molar-refractivity contribution < 1.29 is 14.6 Å². The number of aliphatic hydroxyl groups is 1. The Hall–Kier alpha value is -2.37. The SMILES string of the molecule is COc1ccc(C(CNCC(O)c2ccccc2)NC(C)=O)cc1. The zero-order chi connectivity index (χ0) is 17.4. The average molecular weight is 328 g/mol. The summed E-state index contributed by atoms with van der Waals surface area (Å²) in [6.45, 7) is 2.43. The van der Waals surface area contributed by atoms with E-state index in [4.69, 9.17) is 4.74 Å². The number of carbonyl (C=O) groups is 1. The fourth-order valence-electron chi connectivity index (χ4n) is 2.49. The van der Waals surface area contributed by atoms with Gasteiger partial charge in [-0.25, -0.2) is 0 Å². The first-order chi connectivity index (χ1) is 11.6. The lowest BCUT2D eigenvalue weighted by molar-refractivity contribution is -0.119. The van der Waals surface area contributed by atoms with E-state index in [9.17, 15) is 9.90 Å². The number of rotatable bonds is 8. The van der Waals surface area contributed by atoms with E-state index in [-0.39, 0.29) is 11.9 Å². The number of hydrogen-bond donors (Lipinski definition) is 3. The van der Waals surface area contributed by atoms with Crippen LogP contribution in [-0.2, 0) is 4.79 Å². The molecule has 0 bridgehead atoms. The maximum Gasteiger partial charge on any atom is 0.217 e. The van der Waals surface area contributed by atoms with Crippen molar-refractivity contribution in [3.8, 4) is 5.75 Å². The summed E-state index contributed by atoms with van der Waals surface area (Å²) >= 11 is 0. The van der Waals surface area contributed by atoms with Crippen LogP contribution in [-0.4, -0.2) is 31.2 Å². The summed E-state index contributed by atoms with van der Waals surface area (Å²) in [5.41, 5.74) is 1.85. The van der Waals surface area contributed by atoms with Gasteiger partial charge < -0.3 is 20.5 Å². The highest BCUT2D eigenvalue weighted by Gasteiger charge is 2.14. The molecule has 0 heterocycles. The smallest absolute Gasteiger partial charge is 0.217 e. The number of aliphatic hydroxyl groups excluding tert-OH is 1. The van der Waals surface area contributed by atoms with E-state index in [0.717, 1.165) is 16.9 Å². The first kappa shape index (κ1) is 18.0. The summed E-state index contributed by atoms with van der Waals surface area (Å²) in [6, 6.07) is 16.9. The molecule has 0 aromatic heterocycles. The summed E-state index contributed by atoms with van der Waals surface area (Å²) in [6.07, 6.45) is -0.583. The zero-order valence-electron chi connectivity index (χ0n) is 14.0. The Balaban J connectivity index is 1.94. The molecule has 5 nitrogen and oxygen atoms in total. The van der Waals surface area contributed by atoms with Gasteiger partial charge in [0.15, 0.2) is 0 Å². The minimum absolute atomic E-state index is 0.0961. The third kappa shape index (κ3) is 5.37. The second-order valence-electron chi connectivity index (χ2n) is 5.61. The number of ether oxygens (including phenoxy) is 1. The van der Waals surface area contributed by atoms with E-state index >= 15 is 0 Å². The maximum absolute atomic E-state index is 11.5. The highest BCUT2D eigenvalue weighted by molar-refractivity contribution is 5.73. The van der Waals surface area contributed by atoms with Crippen LogP contribution in [0.2, 0.25) is 0 Å². The van der Waals surface area contributed by atoms with Gasteiger partial charge >= 0.3 is 0 Å². The van der Waals surface area contributed by atoms with E-state index in [0.29, 0.717) is 13.1 Å². The zero-order valence-corrected chi connectivity index (χ0v) is 14.0. The van der Waals surface area contributed by atoms with Crippen LogP contribution in [0.5, 0.6) is 5.75 Å². The number of methoxy groups -OCH3 is 1. The molecule has 0 aliphatic carbocycles. The Morgan fingerprint density at radius 1 is 1.04 bits per heavy atom. The molecule has 0 fully saturated rings. The van der Waals surface area contributed by atoms with Crippen molar-refractivity contribution >= 4 is 5.91 Å². The van der Waals surface area contributed by atoms with Gasteiger partial charge in [0.1, 0.15) is 5.75 Å².